The van der Waals surface area contributed by atoms with E-state index >= 15 is 0 Å². The monoisotopic (exact) mass is 415 g/mol. The van der Waals surface area contributed by atoms with Crippen molar-refractivity contribution in [2.75, 3.05) is 13.1 Å². The van der Waals surface area contributed by atoms with E-state index in [-0.39, 0.29) is 42.1 Å². The highest BCUT2D eigenvalue weighted by molar-refractivity contribution is 5.85. The van der Waals surface area contributed by atoms with Gasteiger partial charge in [-0.05, 0) is 30.4 Å². The van der Waals surface area contributed by atoms with Gasteiger partial charge in [-0.25, -0.2) is 0 Å². The smallest absolute Gasteiger partial charge is 0.240 e. The maximum absolute atomic E-state index is 12.5. The van der Waals surface area contributed by atoms with E-state index < -0.39 is 6.04 Å². The molecule has 150 valence electrons. The van der Waals surface area contributed by atoms with E-state index in [9.17, 15) is 4.79 Å². The van der Waals surface area contributed by atoms with E-state index in [0.717, 1.165) is 12.8 Å². The third-order valence-electron chi connectivity index (χ3n) is 4.69. The van der Waals surface area contributed by atoms with E-state index in [2.05, 4.69) is 15.1 Å². The van der Waals surface area contributed by atoms with Gasteiger partial charge in [0.1, 0.15) is 5.69 Å². The van der Waals surface area contributed by atoms with E-state index in [4.69, 9.17) is 10.3 Å². The fourth-order valence-corrected chi connectivity index (χ4v) is 2.91. The van der Waals surface area contributed by atoms with Gasteiger partial charge in [0.15, 0.2) is 0 Å². The van der Waals surface area contributed by atoms with Crippen LogP contribution in [0.2, 0.25) is 0 Å². The molecule has 1 aliphatic rings. The lowest BCUT2D eigenvalue weighted by Gasteiger charge is -2.35. The molecule has 0 spiro atoms. The van der Waals surface area contributed by atoms with Gasteiger partial charge < -0.3 is 15.2 Å². The molecule has 0 radical (unpaired) electrons. The summed E-state index contributed by atoms with van der Waals surface area (Å²) in [4.78, 5) is 23.1. The summed E-state index contributed by atoms with van der Waals surface area (Å²) in [6.45, 7) is 7.28. The SMILES string of the molecule is CC(C)(C)[C@H](N)C(=O)N1CCC(c2nc(-c3ccccn3)no2)CC1.Cl.Cl. The zero-order valence-electron chi connectivity index (χ0n) is 15.8. The number of halogens is 2. The first-order valence-electron chi connectivity index (χ1n) is 8.65. The number of carbonyl (C=O) groups excluding carboxylic acids is 1. The number of hydrogen-bond acceptors (Lipinski definition) is 6. The molecule has 0 aliphatic carbocycles. The number of pyridine rings is 1. The number of carbonyl (C=O) groups is 1. The summed E-state index contributed by atoms with van der Waals surface area (Å²) < 4.78 is 5.43. The number of nitrogens with two attached hydrogens (primary N) is 1. The van der Waals surface area contributed by atoms with Crippen LogP contribution in [0.15, 0.2) is 28.9 Å². The minimum absolute atomic E-state index is 0. The van der Waals surface area contributed by atoms with Gasteiger partial charge in [-0.15, -0.1) is 24.8 Å². The number of rotatable bonds is 3. The molecule has 27 heavy (non-hydrogen) atoms. The number of amides is 1. The largest absolute Gasteiger partial charge is 0.341 e. The van der Waals surface area contributed by atoms with Gasteiger partial charge in [0.2, 0.25) is 17.6 Å². The normalized spacial score (nSPS) is 16.2. The highest BCUT2D eigenvalue weighted by atomic mass is 35.5. The molecule has 2 aromatic heterocycles. The number of hydrogen-bond donors (Lipinski definition) is 1. The Morgan fingerprint density at radius 1 is 1.26 bits per heavy atom. The maximum Gasteiger partial charge on any atom is 0.240 e. The molecule has 7 nitrogen and oxygen atoms in total. The van der Waals surface area contributed by atoms with Crippen LogP contribution in [0.25, 0.3) is 11.5 Å². The average Bonchev–Trinajstić information content (AvgIpc) is 3.11. The van der Waals surface area contributed by atoms with Crippen LogP contribution in [0.3, 0.4) is 0 Å². The molecule has 1 amide bonds. The van der Waals surface area contributed by atoms with Crippen LogP contribution < -0.4 is 5.73 Å². The molecule has 0 bridgehead atoms. The Labute approximate surface area is 171 Å². The lowest BCUT2D eigenvalue weighted by Crippen LogP contribution is -2.52. The van der Waals surface area contributed by atoms with Crippen molar-refractivity contribution in [2.45, 2.75) is 45.6 Å². The molecule has 0 aromatic carbocycles. The first-order valence-corrected chi connectivity index (χ1v) is 8.65. The summed E-state index contributed by atoms with van der Waals surface area (Å²) in [6, 6.07) is 5.10. The Morgan fingerprint density at radius 2 is 1.93 bits per heavy atom. The van der Waals surface area contributed by atoms with Crippen LogP contribution in [0.4, 0.5) is 0 Å². The third-order valence-corrected chi connectivity index (χ3v) is 4.69. The van der Waals surface area contributed by atoms with Crippen molar-refractivity contribution in [3.63, 3.8) is 0 Å². The van der Waals surface area contributed by atoms with Gasteiger partial charge in [0.05, 0.1) is 6.04 Å². The Bertz CT molecular complexity index is 725. The summed E-state index contributed by atoms with van der Waals surface area (Å²) in [5.41, 5.74) is 6.56. The Kier molecular flexibility index (Phi) is 8.20. The minimum Gasteiger partial charge on any atom is -0.341 e. The van der Waals surface area contributed by atoms with E-state index in [1.54, 1.807) is 6.20 Å². The third kappa shape index (κ3) is 5.40. The molecule has 0 unspecified atom stereocenters. The first kappa shape index (κ1) is 23.3. The van der Waals surface area contributed by atoms with Gasteiger partial charge >= 0.3 is 0 Å². The second-order valence-electron chi connectivity index (χ2n) is 7.61. The van der Waals surface area contributed by atoms with Gasteiger partial charge in [-0.2, -0.15) is 4.98 Å². The Hall–Kier alpha value is -1.70. The van der Waals surface area contributed by atoms with Crippen LogP contribution >= 0.6 is 24.8 Å². The maximum atomic E-state index is 12.5. The Balaban J connectivity index is 0.00000182. The van der Waals surface area contributed by atoms with Gasteiger partial charge in [0.25, 0.3) is 0 Å². The van der Waals surface area contributed by atoms with Crippen LogP contribution in [0, 0.1) is 5.41 Å². The molecule has 0 saturated carbocycles. The van der Waals surface area contributed by atoms with Crippen molar-refractivity contribution < 1.29 is 9.32 Å². The van der Waals surface area contributed by atoms with E-state index in [1.165, 1.54) is 0 Å². The summed E-state index contributed by atoms with van der Waals surface area (Å²) in [5, 5.41) is 4.03. The summed E-state index contributed by atoms with van der Waals surface area (Å²) >= 11 is 0. The number of likely N-dealkylation sites (tertiary alicyclic amines) is 1. The van der Waals surface area contributed by atoms with Crippen molar-refractivity contribution in [2.24, 2.45) is 11.1 Å². The molecule has 9 heteroatoms. The molecule has 3 heterocycles. The zero-order valence-corrected chi connectivity index (χ0v) is 17.4. The molecule has 2 N–H and O–H groups in total. The topological polar surface area (TPSA) is 98.1 Å². The van der Waals surface area contributed by atoms with E-state index in [1.807, 2.05) is 43.9 Å². The van der Waals surface area contributed by atoms with Crippen LogP contribution in [0.1, 0.15) is 45.4 Å². The summed E-state index contributed by atoms with van der Waals surface area (Å²) in [5.74, 6) is 1.31. The zero-order chi connectivity index (χ0) is 18.0. The lowest BCUT2D eigenvalue weighted by molar-refractivity contribution is -0.136. The molecule has 3 rings (SSSR count). The van der Waals surface area contributed by atoms with Crippen molar-refractivity contribution in [1.29, 1.82) is 0 Å². The Morgan fingerprint density at radius 3 is 2.48 bits per heavy atom. The van der Waals surface area contributed by atoms with Gasteiger partial charge in [-0.1, -0.05) is 32.0 Å². The standard InChI is InChI=1S/C18H25N5O2.2ClH/c1-18(2,3)14(19)17(24)23-10-7-12(8-11-23)16-21-15(22-25-16)13-6-4-5-9-20-13;;/h4-6,9,12,14H,7-8,10-11,19H2,1-3H3;2*1H/t14-;;/m1../s1. The van der Waals surface area contributed by atoms with Crippen molar-refractivity contribution >= 4 is 30.7 Å². The molecule has 1 aliphatic heterocycles. The number of piperidine rings is 1. The quantitative estimate of drug-likeness (QED) is 0.826. The molecular weight excluding hydrogens is 389 g/mol. The summed E-state index contributed by atoms with van der Waals surface area (Å²) in [6.07, 6.45) is 3.30. The van der Waals surface area contributed by atoms with Crippen molar-refractivity contribution in [3.05, 3.63) is 30.3 Å². The molecule has 2 aromatic rings. The average molecular weight is 416 g/mol. The molecule has 1 atom stereocenters. The number of nitrogens with zero attached hydrogens (tertiary/aromatic N) is 4. The lowest BCUT2D eigenvalue weighted by atomic mass is 9.86. The highest BCUT2D eigenvalue weighted by Crippen LogP contribution is 2.29. The predicted molar refractivity (Wildman–Crippen MR) is 108 cm³/mol. The van der Waals surface area contributed by atoms with Gasteiger partial charge in [0, 0.05) is 25.2 Å². The van der Waals surface area contributed by atoms with Crippen LogP contribution in [0.5, 0.6) is 0 Å². The van der Waals surface area contributed by atoms with Crippen LogP contribution in [-0.2, 0) is 4.79 Å². The highest BCUT2D eigenvalue weighted by Gasteiger charge is 2.34. The second kappa shape index (κ2) is 9.48. The molecular formula is C18H27Cl2N5O2. The fraction of sp³-hybridized carbons (Fsp3) is 0.556. The fourth-order valence-electron chi connectivity index (χ4n) is 2.91. The van der Waals surface area contributed by atoms with Gasteiger partial charge in [-0.3, -0.25) is 9.78 Å². The van der Waals surface area contributed by atoms with E-state index in [0.29, 0.717) is 30.5 Å². The summed E-state index contributed by atoms with van der Waals surface area (Å²) in [7, 11) is 0. The second-order valence-corrected chi connectivity index (χ2v) is 7.61. The van der Waals surface area contributed by atoms with Crippen LogP contribution in [-0.4, -0.2) is 45.1 Å². The predicted octanol–water partition coefficient (Wildman–Crippen LogP) is 3.05. The minimum atomic E-state index is -0.483. The molecule has 1 fully saturated rings. The van der Waals surface area contributed by atoms with Crippen molar-refractivity contribution in [3.8, 4) is 11.5 Å². The van der Waals surface area contributed by atoms with Crippen molar-refractivity contribution in [1.82, 2.24) is 20.0 Å². The molecule has 1 saturated heterocycles. The number of aromatic nitrogens is 3. The first-order chi connectivity index (χ1) is 11.9.